The molecule has 0 unspecified atom stereocenters. The number of carbonyl (C=O) groups is 8. The second-order valence-corrected chi connectivity index (χ2v) is 48.0. The van der Waals surface area contributed by atoms with Gasteiger partial charge in [0, 0.05) is 129 Å². The molecule has 6 fully saturated rings. The van der Waals surface area contributed by atoms with Gasteiger partial charge >= 0.3 is 78.3 Å². The van der Waals surface area contributed by atoms with Crippen LogP contribution < -0.4 is 57.7 Å². The predicted octanol–water partition coefficient (Wildman–Crippen LogP) is 16.2. The minimum atomic E-state index is -1.06. The molecule has 6 amide bonds. The number of amides is 6. The molecule has 6 heterocycles. The van der Waals surface area contributed by atoms with E-state index in [9.17, 15) is 48.6 Å². The van der Waals surface area contributed by atoms with Crippen molar-refractivity contribution < 1.29 is 124 Å². The number of halogens is 8. The summed E-state index contributed by atoms with van der Waals surface area (Å²) >= 11 is 29.1. The van der Waals surface area contributed by atoms with Crippen LogP contribution in [0.3, 0.4) is 0 Å². The Morgan fingerprint density at radius 2 is 1.01 bits per heavy atom. The molecular formula is C100H171Br2Cl5ILiMgN10O18Si2. The molecule has 796 valence electrons. The number of aliphatic hydroxyl groups is 2. The Morgan fingerprint density at radius 3 is 1.36 bits per heavy atom. The van der Waals surface area contributed by atoms with Gasteiger partial charge in [0.1, 0.15) is 30.6 Å². The van der Waals surface area contributed by atoms with E-state index in [1.165, 1.54) is 37.1 Å². The van der Waals surface area contributed by atoms with Gasteiger partial charge in [-0.05, 0) is 269 Å². The molecule has 0 aromatic heterocycles. The number of hydrogen-bond acceptors (Lipinski definition) is 21. The van der Waals surface area contributed by atoms with Gasteiger partial charge in [-0.3, -0.25) is 19.2 Å². The fourth-order valence-electron chi connectivity index (χ4n) is 15.3. The predicted molar refractivity (Wildman–Crippen MR) is 584 cm³/mol. The molecule has 0 radical (unpaired) electrons. The molecule has 6 saturated heterocycles. The van der Waals surface area contributed by atoms with Gasteiger partial charge in [0.15, 0.2) is 5.78 Å². The number of nitrogens with two attached hydrogens (primary N) is 1. The van der Waals surface area contributed by atoms with Gasteiger partial charge in [-0.15, -0.1) is 12.4 Å². The third kappa shape index (κ3) is 60.2. The Labute approximate surface area is 932 Å². The first-order chi connectivity index (χ1) is 63.2. The van der Waals surface area contributed by atoms with Gasteiger partial charge in [-0.2, -0.15) is 12.8 Å². The number of methoxy groups -OCH3 is 1. The average Bonchev–Trinajstić information content (AvgIpc) is 1.57. The summed E-state index contributed by atoms with van der Waals surface area (Å²) in [7, 11) is 7.01. The van der Waals surface area contributed by atoms with E-state index in [1.807, 2.05) is 152 Å². The Morgan fingerprint density at radius 1 is 0.621 bits per heavy atom. The number of benzene rings is 4. The van der Waals surface area contributed by atoms with Crippen molar-refractivity contribution in [1.29, 1.82) is 0 Å². The monoisotopic (exact) mass is 2350 g/mol. The number of piperidine rings is 5. The molecule has 6 aliphatic heterocycles. The summed E-state index contributed by atoms with van der Waals surface area (Å²) in [6.45, 7) is 44.7. The minimum absolute atomic E-state index is 0. The zero-order valence-electron chi connectivity index (χ0n) is 87.1. The maximum absolute atomic E-state index is 12.6. The third-order valence-corrected chi connectivity index (χ3v) is 32.6. The van der Waals surface area contributed by atoms with E-state index in [1.54, 1.807) is 99.1 Å². The van der Waals surface area contributed by atoms with Crippen LogP contribution in [0.4, 0.5) is 24.0 Å². The summed E-state index contributed by atoms with van der Waals surface area (Å²) in [6, 6.07) is 32.4. The Hall–Kier alpha value is -3.54. The Kier molecular flexibility index (Phi) is 79.6. The van der Waals surface area contributed by atoms with Crippen LogP contribution in [0.5, 0.6) is 0 Å². The smallest absolute Gasteiger partial charge is 1.00 e. The molecule has 28 nitrogen and oxygen atoms in total. The van der Waals surface area contributed by atoms with Crippen molar-refractivity contribution in [3.63, 3.8) is 0 Å². The van der Waals surface area contributed by atoms with Crippen molar-refractivity contribution in [1.82, 2.24) is 45.0 Å². The number of carboxylic acid groups (broad SMARTS) is 1. The number of alkyl carbamates (subject to hydrolysis) is 1. The summed E-state index contributed by atoms with van der Waals surface area (Å²) in [5.41, 5.74) is 6.23. The van der Waals surface area contributed by atoms with E-state index in [0.29, 0.717) is 117 Å². The second-order valence-electron chi connectivity index (χ2n) is 38.1. The quantitative estimate of drug-likeness (QED) is 0.00631. The zero-order chi connectivity index (χ0) is 103. The number of aliphatic carboxylic acids is 1. The van der Waals surface area contributed by atoms with E-state index in [0.717, 1.165) is 104 Å². The number of carbonyl (C=O) groups excluding carboxylic acids is 7. The van der Waals surface area contributed by atoms with Crippen LogP contribution in [0.25, 0.3) is 0 Å². The molecule has 0 bridgehead atoms. The van der Waals surface area contributed by atoms with Crippen LogP contribution in [0.1, 0.15) is 237 Å². The molecule has 0 spiro atoms. The summed E-state index contributed by atoms with van der Waals surface area (Å²) in [4.78, 5) is 111. The molecule has 8 N–H and O–H groups in total. The molecule has 10 rings (SSSR count). The molecule has 4 aromatic rings. The van der Waals surface area contributed by atoms with Crippen molar-refractivity contribution in [2.24, 2.45) is 35.3 Å². The van der Waals surface area contributed by atoms with Gasteiger partial charge in [0.2, 0.25) is 0 Å². The number of rotatable bonds is 20. The normalized spacial score (nSPS) is 18.4. The summed E-state index contributed by atoms with van der Waals surface area (Å²) in [6.07, 6.45) is 12.1. The van der Waals surface area contributed by atoms with E-state index in [2.05, 4.69) is 79.7 Å². The number of alkyl halides is 1. The molecule has 40 heteroatoms. The largest absolute Gasteiger partial charge is 2.00 e. The third-order valence-electron chi connectivity index (χ3n) is 22.1. The van der Waals surface area contributed by atoms with Crippen molar-refractivity contribution in [3.05, 3.63) is 152 Å². The molecule has 0 saturated carbocycles. The molecule has 7 atom stereocenters. The van der Waals surface area contributed by atoms with Crippen LogP contribution in [0.2, 0.25) is 45.3 Å². The number of nitrogens with one attached hydrogen (secondary N) is 3. The van der Waals surface area contributed by atoms with Crippen LogP contribution in [-0.4, -0.2) is 281 Å². The number of nitrogens with zero attached hydrogens (tertiary/aromatic N) is 6. The van der Waals surface area contributed by atoms with Crippen LogP contribution in [-0.2, 0) is 54.2 Å². The second kappa shape index (κ2) is 76.9. The maximum Gasteiger partial charge on any atom is 2.00 e. The summed E-state index contributed by atoms with van der Waals surface area (Å²) in [5.74, 6) is -1.73. The average molecular weight is 2350 g/mol. The van der Waals surface area contributed by atoms with Gasteiger partial charge < -0.3 is 115 Å². The van der Waals surface area contributed by atoms with Crippen LogP contribution in [0, 0.1) is 43.4 Å². The van der Waals surface area contributed by atoms with Gasteiger partial charge in [0.05, 0.1) is 54.0 Å². The van der Waals surface area contributed by atoms with Crippen molar-refractivity contribution >= 4 is 186 Å². The summed E-state index contributed by atoms with van der Waals surface area (Å²) < 4.78 is 36.0. The topological polar surface area (TPSA) is 343 Å². The van der Waals surface area contributed by atoms with E-state index < -0.39 is 65.9 Å². The first kappa shape index (κ1) is 145. The van der Waals surface area contributed by atoms with Gasteiger partial charge in [-0.25, -0.2) is 34.5 Å². The number of ether oxygens (including phenoxy) is 5. The van der Waals surface area contributed by atoms with Crippen LogP contribution in [0.15, 0.2) is 102 Å². The maximum atomic E-state index is 12.6. The number of unbranched alkanes of at least 4 members (excludes halogenated alkanes) is 1. The Bertz CT molecular complexity index is 4110. The number of hydrogen-bond donors (Lipinski definition) is 7. The van der Waals surface area contributed by atoms with Crippen LogP contribution >= 0.6 is 97.3 Å². The van der Waals surface area contributed by atoms with Crippen molar-refractivity contribution in [2.45, 2.75) is 273 Å². The molecule has 0 aliphatic carbocycles. The van der Waals surface area contributed by atoms with Crippen molar-refractivity contribution in [2.75, 3.05) is 125 Å². The fraction of sp³-hybridized carbons (Fsp3) is 0.660. The minimum Gasteiger partial charge on any atom is -1.00 e. The number of likely N-dealkylation sites (tertiary alicyclic amines) is 4. The number of ketones is 1. The standard InChI is InChI=1S/C20H31ClN2O3.C17H25ClN2O3.C17H22ClNO3.C13H24N2O4.C11H19NO4.C7H18NSi2.C6H4BrCl.C4H9.C2H7NO.CH3I.2CH4.BrH.ClH.Li.Mg/c1-19(2,3)26-18(24)23-12-5-8-16(14-23)20(25,10-6-11-22)15-7-4-9-17(21)13-15;1-23-16(21)20-10-4-8-17(22,14-6-3-9-19-12-14)13-5-2-7-15(18)11-13;1-17(2,3)22-16(21)19-9-5-7-13(11-19)15(20)12-6-4-8-14(18)10-12;1-13(2,3)19-12(17)15-8-6-7-10(9-15)11(16)14(4)18-5;1-11(2,3)16-10(15)12-6-4-5-8(7-12)9(13)14;1-4-5-8-9-6-7-10(8,2)3;7-5-2-1-3-6(8)4-5;2*1-3-4-2;1-2;;;;;;/h4,7,9,13,16,25H,5-6,8,10-12,14,22H2,1-3H3;2,5,7,11,14,19,22H,3-4,6,8-10,12H2,1H3,(H,20,21);4,6,8,10,13H,5,7,9,11H2,1-3H3;10H,6-9H2,1-5H3;8H,4-7H2,1-3H3,(H,13,14);1,4-7,9H2,2-3H3;1-4H;1,3-4H2,2H3;3H,1-2H3;1H3;2*1H4;2*1H;;/q;;;;;-1;;-1;;;;;;;+1;+2/p-1/t16-,20-;14-,17-;13-;10-;8-;;;;;;;;;;;/m11111.........../s1/i;;;;;;;;;1D;;;;;;. The molecule has 6 aliphatic rings. The van der Waals surface area contributed by atoms with E-state index in [4.69, 9.17) is 82.4 Å². The molecule has 4 aromatic carbocycles. The zero-order valence-corrected chi connectivity index (χ0v) is 99.1. The molecule has 140 heavy (non-hydrogen) atoms. The first-order valence-electron chi connectivity index (χ1n) is 47.2. The van der Waals surface area contributed by atoms with E-state index >= 15 is 0 Å². The SMILES string of the molecule is C.C.CC(C)(C)OC(=O)N1CCC[C@@H](C(=O)O)C1.CC(C)(C)OC(=O)N1CCC[C@@H](C(=O)c2cccc(Cl)c2)C1.CC(C)(C)OC(=O)N1CCC[C@@H]([C@@](O)(CCCN)c2cccc(Cl)c2)C1.CNOC.COC(=O)NCCC[C@@](O)(c1cccc(Cl)c1)[C@@H]1CCCNC1.CON(C)C(=O)[C@@H]1CCCN(C(=O)OC(C)(C)C)C1.Cl.Clc1cccc(Br)c1.[2H]CI.[Br-].[CH2-]CCC.[CH2-]CCN1[SiH2]CC[Si]1(C)C.[Li+].[Mg+2]. The number of carboxylic acids is 1. The molecular weight excluding hydrogens is 2180 g/mol. The number of Topliss-reactive ketones (excluding diaryl/α,β-unsaturated/α-hetero) is 1. The Balaban J connectivity index is -0.000000375. The van der Waals surface area contributed by atoms with Crippen molar-refractivity contribution in [3.8, 4) is 0 Å². The first-order valence-corrected chi connectivity index (χ1v) is 55.1. The number of hydroxylamine groups is 3. The van der Waals surface area contributed by atoms with E-state index in [-0.39, 0.29) is 156 Å². The van der Waals surface area contributed by atoms with Gasteiger partial charge in [-0.1, -0.05) is 175 Å². The van der Waals surface area contributed by atoms with Gasteiger partial charge in [0.25, 0.3) is 5.91 Å². The fourth-order valence-corrected chi connectivity index (χ4v) is 25.9. The summed E-state index contributed by atoms with van der Waals surface area (Å²) in [5, 5.41) is 41.7.